The lowest BCUT2D eigenvalue weighted by molar-refractivity contribution is -0.870. The van der Waals surface area contributed by atoms with Crippen LogP contribution in [0.4, 0.5) is 0 Å². The van der Waals surface area contributed by atoms with Crippen molar-refractivity contribution in [1.29, 1.82) is 0 Å². The summed E-state index contributed by atoms with van der Waals surface area (Å²) in [4.78, 5) is 0. The average molecular weight is 326 g/mol. The largest absolute Gasteiger partial charge is 0.417 e. The summed E-state index contributed by atoms with van der Waals surface area (Å²) in [6.45, 7) is 3.12. The summed E-state index contributed by atoms with van der Waals surface area (Å²) in [6.07, 6.45) is 1.04. The highest BCUT2D eigenvalue weighted by Crippen LogP contribution is 2.09. The highest BCUT2D eigenvalue weighted by Gasteiger charge is 2.15. The molecule has 23 heavy (non-hydrogen) atoms. The van der Waals surface area contributed by atoms with Gasteiger partial charge in [0.15, 0.2) is 5.84 Å². The fourth-order valence-corrected chi connectivity index (χ4v) is 2.90. The molecule has 0 saturated carbocycles. The van der Waals surface area contributed by atoms with Crippen LogP contribution in [0.2, 0.25) is 0 Å². The fraction of sp³-hybridized carbons (Fsp3) is 0.278. The molecule has 0 amide bonds. The van der Waals surface area contributed by atoms with E-state index in [0.717, 1.165) is 35.2 Å². The second-order valence-electron chi connectivity index (χ2n) is 5.95. The first-order chi connectivity index (χ1) is 11.2. The summed E-state index contributed by atoms with van der Waals surface area (Å²) in [5.74, 6) is 2.09. The Morgan fingerprint density at radius 2 is 1.83 bits per heavy atom. The van der Waals surface area contributed by atoms with Crippen LogP contribution in [0.25, 0.3) is 5.53 Å². The Labute approximate surface area is 142 Å². The summed E-state index contributed by atoms with van der Waals surface area (Å²) < 4.78 is 0. The van der Waals surface area contributed by atoms with Gasteiger partial charge in [-0.3, -0.25) is 5.12 Å². The molecule has 0 aliphatic carbocycles. The highest BCUT2D eigenvalue weighted by atomic mass is 32.1. The van der Waals surface area contributed by atoms with E-state index < -0.39 is 0 Å². The van der Waals surface area contributed by atoms with Gasteiger partial charge in [-0.05, 0) is 17.5 Å². The van der Waals surface area contributed by atoms with Crippen molar-refractivity contribution < 1.29 is 5.12 Å². The molecule has 2 unspecified atom stereocenters. The van der Waals surface area contributed by atoms with Gasteiger partial charge in [-0.15, -0.1) is 0 Å². The third-order valence-electron chi connectivity index (χ3n) is 3.90. The number of thiol groups is 1. The molecule has 2 N–H and O–H groups in total. The normalized spacial score (nSPS) is 18.3. The maximum Gasteiger partial charge on any atom is 0.175 e. The number of nitrogens with one attached hydrogen (secondary N) is 2. The highest BCUT2D eigenvalue weighted by molar-refractivity contribution is 7.79. The van der Waals surface area contributed by atoms with Gasteiger partial charge >= 0.3 is 0 Å². The molecule has 2 aromatic carbocycles. The minimum Gasteiger partial charge on any atom is -0.417 e. The Morgan fingerprint density at radius 3 is 2.52 bits per heavy atom. The average Bonchev–Trinajstić information content (AvgIpc) is 3.04. The van der Waals surface area contributed by atoms with Crippen molar-refractivity contribution in [2.75, 3.05) is 6.54 Å². The molecule has 0 aromatic heterocycles. The van der Waals surface area contributed by atoms with Gasteiger partial charge in [0.25, 0.3) is 0 Å². The Kier molecular flexibility index (Phi) is 5.33. The number of benzene rings is 2. The predicted octanol–water partition coefficient (Wildman–Crippen LogP) is 2.35. The van der Waals surface area contributed by atoms with Gasteiger partial charge in [0, 0.05) is 17.2 Å². The molecule has 2 aromatic rings. The zero-order valence-electron chi connectivity index (χ0n) is 13.2. The van der Waals surface area contributed by atoms with Gasteiger partial charge in [-0.1, -0.05) is 66.6 Å². The maximum absolute atomic E-state index is 4.63. The van der Waals surface area contributed by atoms with E-state index in [-0.39, 0.29) is 0 Å². The van der Waals surface area contributed by atoms with Crippen LogP contribution in [0.1, 0.15) is 23.6 Å². The molecule has 0 fully saturated rings. The standard InChI is InChI=1S/C18H22N4S/c1-14(11-15-5-3-2-4-6-15)12-22-20-18(19-21-22)17-9-7-16(13-23)8-10-17/h2-10,14,22-23H,11-13H2,1H3,(H,19,20). The monoisotopic (exact) mass is 326 g/mol. The number of nitrogens with zero attached hydrogens (tertiary/aromatic N) is 2. The molecule has 0 bridgehead atoms. The van der Waals surface area contributed by atoms with E-state index in [0.29, 0.717) is 5.92 Å². The Morgan fingerprint density at radius 1 is 1.09 bits per heavy atom. The third kappa shape index (κ3) is 4.34. The van der Waals surface area contributed by atoms with E-state index in [9.17, 15) is 0 Å². The van der Waals surface area contributed by atoms with E-state index >= 15 is 0 Å². The first kappa shape index (κ1) is 16.1. The van der Waals surface area contributed by atoms with E-state index in [1.807, 2.05) is 0 Å². The van der Waals surface area contributed by atoms with E-state index in [2.05, 4.69) is 90.2 Å². The molecule has 0 spiro atoms. The van der Waals surface area contributed by atoms with E-state index in [4.69, 9.17) is 0 Å². The number of hydrogen-bond donors (Lipinski definition) is 3. The molecule has 5 heteroatoms. The van der Waals surface area contributed by atoms with Gasteiger partial charge in [0.05, 0.1) is 6.54 Å². The van der Waals surface area contributed by atoms with Crippen LogP contribution in [0.5, 0.6) is 0 Å². The number of hydrogen-bond acceptors (Lipinski definition) is 3. The SMILES string of the molecule is CC(Cc1ccccc1)C[NH+]1N=C(c2ccc(CS)cc2)N[N-]1. The van der Waals surface area contributed by atoms with Crippen molar-refractivity contribution in [3.05, 3.63) is 76.8 Å². The van der Waals surface area contributed by atoms with Crippen LogP contribution in [0, 0.1) is 5.92 Å². The van der Waals surface area contributed by atoms with Crippen molar-refractivity contribution in [2.24, 2.45) is 11.0 Å². The molecule has 4 nitrogen and oxygen atoms in total. The van der Waals surface area contributed by atoms with Gasteiger partial charge in [-0.2, -0.15) is 12.6 Å². The smallest absolute Gasteiger partial charge is 0.175 e. The van der Waals surface area contributed by atoms with E-state index in [1.165, 1.54) is 11.1 Å². The molecule has 1 aliphatic rings. The van der Waals surface area contributed by atoms with Crippen LogP contribution in [0.15, 0.2) is 59.7 Å². The van der Waals surface area contributed by atoms with Gasteiger partial charge in [-0.25, -0.2) is 0 Å². The number of quaternary nitrogens is 1. The first-order valence-corrected chi connectivity index (χ1v) is 8.53. The predicted molar refractivity (Wildman–Crippen MR) is 97.3 cm³/mol. The van der Waals surface area contributed by atoms with Crippen molar-refractivity contribution >= 4 is 18.5 Å². The zero-order chi connectivity index (χ0) is 16.1. The molecule has 1 heterocycles. The molecular formula is C18H22N4S. The van der Waals surface area contributed by atoms with Crippen LogP contribution in [-0.2, 0) is 12.2 Å². The lowest BCUT2D eigenvalue weighted by Crippen LogP contribution is -3.03. The summed E-state index contributed by atoms with van der Waals surface area (Å²) in [6, 6.07) is 18.8. The third-order valence-corrected chi connectivity index (χ3v) is 4.26. The topological polar surface area (TPSA) is 42.9 Å². The maximum atomic E-state index is 4.63. The van der Waals surface area contributed by atoms with Crippen molar-refractivity contribution in [3.63, 3.8) is 0 Å². The van der Waals surface area contributed by atoms with Crippen LogP contribution in [-0.4, -0.2) is 12.4 Å². The Hall–Kier alpha value is -1.82. The zero-order valence-corrected chi connectivity index (χ0v) is 14.1. The van der Waals surface area contributed by atoms with Crippen molar-refractivity contribution in [1.82, 2.24) is 5.43 Å². The quantitative estimate of drug-likeness (QED) is 0.701. The summed E-state index contributed by atoms with van der Waals surface area (Å²) in [5.41, 5.74) is 11.0. The second-order valence-corrected chi connectivity index (χ2v) is 6.27. The summed E-state index contributed by atoms with van der Waals surface area (Å²) in [7, 11) is 0. The van der Waals surface area contributed by atoms with Gasteiger partial charge in [0.1, 0.15) is 0 Å². The van der Waals surface area contributed by atoms with Crippen LogP contribution >= 0.6 is 12.6 Å². The van der Waals surface area contributed by atoms with Crippen molar-refractivity contribution in [3.8, 4) is 0 Å². The molecular weight excluding hydrogens is 304 g/mol. The second kappa shape index (κ2) is 7.64. The molecule has 3 rings (SSSR count). The van der Waals surface area contributed by atoms with Crippen LogP contribution < -0.4 is 10.5 Å². The van der Waals surface area contributed by atoms with E-state index in [1.54, 1.807) is 0 Å². The lowest BCUT2D eigenvalue weighted by Gasteiger charge is -2.21. The molecule has 120 valence electrons. The lowest BCUT2D eigenvalue weighted by atomic mass is 10.0. The number of amidine groups is 1. The van der Waals surface area contributed by atoms with Gasteiger partial charge < -0.3 is 11.0 Å². The number of rotatable bonds is 6. The Balaban J connectivity index is 1.58. The summed E-state index contributed by atoms with van der Waals surface area (Å²) in [5, 5.41) is 5.51. The summed E-state index contributed by atoms with van der Waals surface area (Å²) >= 11 is 4.28. The first-order valence-electron chi connectivity index (χ1n) is 7.90. The minimum atomic E-state index is 0.507. The molecule has 2 atom stereocenters. The van der Waals surface area contributed by atoms with Crippen molar-refractivity contribution in [2.45, 2.75) is 19.1 Å². The van der Waals surface area contributed by atoms with Gasteiger partial charge in [0.2, 0.25) is 0 Å². The van der Waals surface area contributed by atoms with Crippen LogP contribution in [0.3, 0.4) is 0 Å². The Bertz CT molecular complexity index is 654. The molecule has 0 saturated heterocycles. The fourth-order valence-electron chi connectivity index (χ4n) is 2.69. The molecule has 1 aliphatic heterocycles. The minimum absolute atomic E-state index is 0.507. The molecule has 0 radical (unpaired) electrons.